The lowest BCUT2D eigenvalue weighted by molar-refractivity contribution is 0.320. The minimum Gasteiger partial charge on any atom is -0.490 e. The smallest absolute Gasteiger partial charge is 0.141 e. The Labute approximate surface area is 93.0 Å². The molecule has 1 aliphatic heterocycles. The number of benzene rings is 1. The molecule has 0 fully saturated rings. The molecule has 4 nitrogen and oxygen atoms in total. The van der Waals surface area contributed by atoms with Crippen LogP contribution in [0.1, 0.15) is 0 Å². The van der Waals surface area contributed by atoms with E-state index in [-0.39, 0.29) is 6.04 Å². The van der Waals surface area contributed by atoms with E-state index in [1.165, 1.54) is 0 Å². The van der Waals surface area contributed by atoms with Gasteiger partial charge in [0.05, 0.1) is 16.9 Å². The van der Waals surface area contributed by atoms with Gasteiger partial charge in [-0.25, -0.2) is 9.97 Å². The Balaban J connectivity index is 2.26. The van der Waals surface area contributed by atoms with Crippen molar-refractivity contribution in [2.24, 2.45) is 0 Å². The van der Waals surface area contributed by atoms with Crippen molar-refractivity contribution in [3.05, 3.63) is 37.2 Å². The molecule has 0 amide bonds. The van der Waals surface area contributed by atoms with Gasteiger partial charge in [-0.05, 0) is 12.1 Å². The van der Waals surface area contributed by atoms with E-state index in [1.54, 1.807) is 6.33 Å². The third-order valence-electron chi connectivity index (χ3n) is 2.65. The highest BCUT2D eigenvalue weighted by Gasteiger charge is 2.17. The number of hydrogen-bond acceptors (Lipinski definition) is 4. The van der Waals surface area contributed by atoms with Crippen LogP contribution in [0, 0.1) is 0 Å². The van der Waals surface area contributed by atoms with Gasteiger partial charge < -0.3 is 10.1 Å². The summed E-state index contributed by atoms with van der Waals surface area (Å²) in [5.74, 6) is 1.63. The summed E-state index contributed by atoms with van der Waals surface area (Å²) in [4.78, 5) is 8.47. The number of ether oxygens (including phenoxy) is 1. The zero-order valence-corrected chi connectivity index (χ0v) is 8.68. The molecule has 0 spiro atoms. The number of aromatic nitrogens is 2. The zero-order chi connectivity index (χ0) is 11.0. The van der Waals surface area contributed by atoms with Crippen molar-refractivity contribution in [2.45, 2.75) is 6.04 Å². The van der Waals surface area contributed by atoms with Crippen LogP contribution in [0.4, 0.5) is 5.82 Å². The lowest BCUT2D eigenvalue weighted by Crippen LogP contribution is -2.23. The predicted octanol–water partition coefficient (Wildman–Crippen LogP) is 1.99. The Kier molecular flexibility index (Phi) is 1.99. The Hall–Kier alpha value is -2.10. The Morgan fingerprint density at radius 1 is 1.44 bits per heavy atom. The van der Waals surface area contributed by atoms with E-state index in [2.05, 4.69) is 21.9 Å². The second kappa shape index (κ2) is 3.48. The van der Waals surface area contributed by atoms with Gasteiger partial charge in [-0.15, -0.1) is 6.58 Å². The third-order valence-corrected chi connectivity index (χ3v) is 2.65. The standard InChI is InChI=1S/C12H11N3O/c1-2-8-6-16-10-5-3-4-9-11(10)12(15-8)14-7-13-9/h2-5,7-8H,1,6H2,(H,13,14,15). The molecule has 0 aliphatic carbocycles. The zero-order valence-electron chi connectivity index (χ0n) is 8.68. The molecular formula is C12H11N3O. The van der Waals surface area contributed by atoms with E-state index in [9.17, 15) is 0 Å². The van der Waals surface area contributed by atoms with Crippen LogP contribution in [0.2, 0.25) is 0 Å². The van der Waals surface area contributed by atoms with Crippen LogP contribution in [0.5, 0.6) is 5.75 Å². The molecule has 2 heterocycles. The second-order valence-electron chi connectivity index (χ2n) is 3.67. The maximum atomic E-state index is 5.71. The number of nitrogens with one attached hydrogen (secondary N) is 1. The summed E-state index contributed by atoms with van der Waals surface area (Å²) in [7, 11) is 0. The summed E-state index contributed by atoms with van der Waals surface area (Å²) in [5.41, 5.74) is 0.889. The van der Waals surface area contributed by atoms with Gasteiger partial charge in [-0.1, -0.05) is 12.1 Å². The van der Waals surface area contributed by atoms with Crippen molar-refractivity contribution in [2.75, 3.05) is 11.9 Å². The molecule has 0 saturated heterocycles. The fourth-order valence-corrected chi connectivity index (χ4v) is 1.83. The van der Waals surface area contributed by atoms with Gasteiger partial charge >= 0.3 is 0 Å². The maximum absolute atomic E-state index is 5.71. The van der Waals surface area contributed by atoms with E-state index >= 15 is 0 Å². The molecular weight excluding hydrogens is 202 g/mol. The molecule has 3 rings (SSSR count). The molecule has 1 aromatic carbocycles. The molecule has 0 radical (unpaired) electrons. The average Bonchev–Trinajstić information content (AvgIpc) is 2.51. The van der Waals surface area contributed by atoms with E-state index in [0.29, 0.717) is 6.61 Å². The van der Waals surface area contributed by atoms with Crippen LogP contribution in [-0.4, -0.2) is 22.6 Å². The number of rotatable bonds is 1. The second-order valence-corrected chi connectivity index (χ2v) is 3.67. The quantitative estimate of drug-likeness (QED) is 0.736. The normalized spacial score (nSPS) is 18.4. The van der Waals surface area contributed by atoms with Crippen molar-refractivity contribution >= 4 is 16.7 Å². The topological polar surface area (TPSA) is 47.0 Å². The summed E-state index contributed by atoms with van der Waals surface area (Å²) >= 11 is 0. The average molecular weight is 213 g/mol. The highest BCUT2D eigenvalue weighted by Crippen LogP contribution is 2.31. The first-order valence-corrected chi connectivity index (χ1v) is 5.14. The van der Waals surface area contributed by atoms with E-state index < -0.39 is 0 Å². The van der Waals surface area contributed by atoms with Gasteiger partial charge in [0.1, 0.15) is 24.5 Å². The SMILES string of the molecule is C=CC1COc2cccc3ncnc(c23)N1. The van der Waals surface area contributed by atoms with Crippen LogP contribution >= 0.6 is 0 Å². The van der Waals surface area contributed by atoms with Crippen molar-refractivity contribution in [3.63, 3.8) is 0 Å². The highest BCUT2D eigenvalue weighted by molar-refractivity contribution is 5.94. The first-order valence-electron chi connectivity index (χ1n) is 5.14. The van der Waals surface area contributed by atoms with Crippen molar-refractivity contribution < 1.29 is 4.74 Å². The van der Waals surface area contributed by atoms with Gasteiger partial charge in [-0.2, -0.15) is 0 Å². The summed E-state index contributed by atoms with van der Waals surface area (Å²) < 4.78 is 5.71. The number of nitrogens with zero attached hydrogens (tertiary/aromatic N) is 2. The van der Waals surface area contributed by atoms with Crippen LogP contribution in [-0.2, 0) is 0 Å². The van der Waals surface area contributed by atoms with Crippen molar-refractivity contribution in [1.29, 1.82) is 0 Å². The maximum Gasteiger partial charge on any atom is 0.141 e. The molecule has 1 atom stereocenters. The third kappa shape index (κ3) is 1.31. The summed E-state index contributed by atoms with van der Waals surface area (Å²) in [5, 5.41) is 4.22. The van der Waals surface area contributed by atoms with Gasteiger partial charge in [0, 0.05) is 0 Å². The minimum absolute atomic E-state index is 0.0745. The minimum atomic E-state index is 0.0745. The van der Waals surface area contributed by atoms with Crippen LogP contribution in [0.25, 0.3) is 10.9 Å². The van der Waals surface area contributed by atoms with E-state index in [4.69, 9.17) is 4.74 Å². The Bertz CT molecular complexity index is 548. The first kappa shape index (κ1) is 9.15. The summed E-state index contributed by atoms with van der Waals surface area (Å²) in [6.45, 7) is 4.32. The molecule has 1 aromatic heterocycles. The number of hydrogen-bond donors (Lipinski definition) is 1. The lowest BCUT2D eigenvalue weighted by atomic mass is 10.2. The molecule has 4 heteroatoms. The highest BCUT2D eigenvalue weighted by atomic mass is 16.5. The molecule has 16 heavy (non-hydrogen) atoms. The summed E-state index contributed by atoms with van der Waals surface area (Å²) in [6, 6.07) is 5.89. The molecule has 1 N–H and O–H groups in total. The van der Waals surface area contributed by atoms with Crippen molar-refractivity contribution in [3.8, 4) is 5.75 Å². The fourth-order valence-electron chi connectivity index (χ4n) is 1.83. The first-order chi connectivity index (χ1) is 7.88. The summed E-state index contributed by atoms with van der Waals surface area (Å²) in [6.07, 6.45) is 3.37. The molecule has 1 unspecified atom stereocenters. The van der Waals surface area contributed by atoms with Gasteiger partial charge in [0.2, 0.25) is 0 Å². The Morgan fingerprint density at radius 2 is 2.38 bits per heavy atom. The number of anilines is 1. The monoisotopic (exact) mass is 213 g/mol. The van der Waals surface area contributed by atoms with E-state index in [1.807, 2.05) is 24.3 Å². The van der Waals surface area contributed by atoms with Crippen LogP contribution in [0.3, 0.4) is 0 Å². The molecule has 0 bridgehead atoms. The predicted molar refractivity (Wildman–Crippen MR) is 62.6 cm³/mol. The van der Waals surface area contributed by atoms with Crippen LogP contribution < -0.4 is 10.1 Å². The molecule has 1 aliphatic rings. The largest absolute Gasteiger partial charge is 0.490 e. The van der Waals surface area contributed by atoms with Gasteiger partial charge in [-0.3, -0.25) is 0 Å². The molecule has 0 saturated carbocycles. The van der Waals surface area contributed by atoms with E-state index in [0.717, 1.165) is 22.5 Å². The van der Waals surface area contributed by atoms with Gasteiger partial charge in [0.25, 0.3) is 0 Å². The van der Waals surface area contributed by atoms with Crippen LogP contribution in [0.15, 0.2) is 37.2 Å². The lowest BCUT2D eigenvalue weighted by Gasteiger charge is -2.10. The Morgan fingerprint density at radius 3 is 3.25 bits per heavy atom. The van der Waals surface area contributed by atoms with Crippen molar-refractivity contribution in [1.82, 2.24) is 9.97 Å². The van der Waals surface area contributed by atoms with Gasteiger partial charge in [0.15, 0.2) is 0 Å². The fraction of sp³-hybridized carbons (Fsp3) is 0.167. The molecule has 80 valence electrons. The molecule has 2 aromatic rings.